The van der Waals surface area contributed by atoms with Gasteiger partial charge in [-0.1, -0.05) is 13.8 Å². The maximum absolute atomic E-state index is 11.1. The fourth-order valence-electron chi connectivity index (χ4n) is 1.64. The van der Waals surface area contributed by atoms with E-state index < -0.39 is 12.0 Å². The molecule has 0 aliphatic heterocycles. The number of phenols is 1. The summed E-state index contributed by atoms with van der Waals surface area (Å²) >= 11 is 0. The van der Waals surface area contributed by atoms with Gasteiger partial charge in [-0.25, -0.2) is 4.79 Å². The fourth-order valence-corrected chi connectivity index (χ4v) is 1.64. The van der Waals surface area contributed by atoms with Crippen LogP contribution in [0, 0.1) is 5.92 Å². The third-order valence-electron chi connectivity index (χ3n) is 2.45. The van der Waals surface area contributed by atoms with Crippen molar-refractivity contribution < 1.29 is 19.8 Å². The van der Waals surface area contributed by atoms with Crippen molar-refractivity contribution in [2.24, 2.45) is 5.92 Å². The van der Waals surface area contributed by atoms with Crippen LogP contribution < -0.4 is 4.90 Å². The lowest BCUT2D eigenvalue weighted by atomic mass is 10.0. The largest absolute Gasteiger partial charge is 0.508 e. The molecule has 92 valence electrons. The van der Waals surface area contributed by atoms with Crippen LogP contribution in [0.4, 0.5) is 5.69 Å². The molecule has 2 N–H and O–H groups in total. The number of phenolic OH excluding ortho intramolecular Hbond substituents is 1. The number of carboxylic acid groups (broad SMARTS) is 1. The highest BCUT2D eigenvalue weighted by Gasteiger charge is 2.28. The standard InChI is InChI=1S/C12H15NO4/c1-8(2)11(12(16)17)13(7-14)9-3-5-10(15)6-4-9/h3-8,11,15H,1-2H3,(H,16,17). The van der Waals surface area contributed by atoms with Gasteiger partial charge < -0.3 is 15.1 Å². The number of benzene rings is 1. The minimum atomic E-state index is -1.06. The molecule has 0 spiro atoms. The molecule has 1 aromatic rings. The quantitative estimate of drug-likeness (QED) is 0.760. The second-order valence-corrected chi connectivity index (χ2v) is 4.06. The summed E-state index contributed by atoms with van der Waals surface area (Å²) in [5.74, 6) is -1.21. The van der Waals surface area contributed by atoms with Gasteiger partial charge in [0.1, 0.15) is 11.8 Å². The average molecular weight is 237 g/mol. The van der Waals surface area contributed by atoms with Crippen LogP contribution in [0.1, 0.15) is 13.8 Å². The molecule has 0 saturated carbocycles. The van der Waals surface area contributed by atoms with E-state index in [9.17, 15) is 9.59 Å². The van der Waals surface area contributed by atoms with Crippen molar-refractivity contribution in [2.45, 2.75) is 19.9 Å². The molecule has 0 aromatic heterocycles. The Bertz CT molecular complexity index is 399. The first-order chi connectivity index (χ1) is 7.97. The zero-order valence-electron chi connectivity index (χ0n) is 9.70. The van der Waals surface area contributed by atoms with E-state index in [1.54, 1.807) is 13.8 Å². The number of rotatable bonds is 5. The van der Waals surface area contributed by atoms with Crippen molar-refractivity contribution in [1.29, 1.82) is 0 Å². The summed E-state index contributed by atoms with van der Waals surface area (Å²) in [6.45, 7) is 3.46. The van der Waals surface area contributed by atoms with Crippen LogP contribution in [0.15, 0.2) is 24.3 Å². The number of carbonyl (C=O) groups excluding carboxylic acids is 1. The highest BCUT2D eigenvalue weighted by atomic mass is 16.4. The summed E-state index contributed by atoms with van der Waals surface area (Å²) in [5, 5.41) is 18.3. The third kappa shape index (κ3) is 2.96. The Morgan fingerprint density at radius 2 is 1.82 bits per heavy atom. The van der Waals surface area contributed by atoms with Gasteiger partial charge in [-0.2, -0.15) is 0 Å². The van der Waals surface area contributed by atoms with E-state index in [-0.39, 0.29) is 11.7 Å². The second kappa shape index (κ2) is 5.34. The van der Waals surface area contributed by atoms with E-state index in [0.717, 1.165) is 4.90 Å². The van der Waals surface area contributed by atoms with Crippen LogP contribution in [-0.2, 0) is 9.59 Å². The Labute approximate surface area is 99.3 Å². The molecule has 1 atom stereocenters. The van der Waals surface area contributed by atoms with Crippen molar-refractivity contribution in [3.8, 4) is 5.75 Å². The van der Waals surface area contributed by atoms with E-state index in [0.29, 0.717) is 12.1 Å². The lowest BCUT2D eigenvalue weighted by Crippen LogP contribution is -2.44. The zero-order chi connectivity index (χ0) is 13.0. The molecule has 1 unspecified atom stereocenters. The van der Waals surface area contributed by atoms with E-state index in [1.165, 1.54) is 24.3 Å². The van der Waals surface area contributed by atoms with Crippen molar-refractivity contribution in [1.82, 2.24) is 0 Å². The van der Waals surface area contributed by atoms with Crippen LogP contribution in [-0.4, -0.2) is 28.6 Å². The normalized spacial score (nSPS) is 12.2. The molecule has 0 aliphatic carbocycles. The molecule has 17 heavy (non-hydrogen) atoms. The molecule has 0 radical (unpaired) electrons. The van der Waals surface area contributed by atoms with E-state index in [1.807, 2.05) is 0 Å². The molecule has 0 saturated heterocycles. The summed E-state index contributed by atoms with van der Waals surface area (Å²) in [4.78, 5) is 23.3. The van der Waals surface area contributed by atoms with Gasteiger partial charge in [0.25, 0.3) is 0 Å². The van der Waals surface area contributed by atoms with Crippen LogP contribution in [0.25, 0.3) is 0 Å². The first-order valence-electron chi connectivity index (χ1n) is 5.23. The van der Waals surface area contributed by atoms with Crippen LogP contribution in [0.2, 0.25) is 0 Å². The van der Waals surface area contributed by atoms with Gasteiger partial charge in [0.05, 0.1) is 0 Å². The van der Waals surface area contributed by atoms with Gasteiger partial charge in [-0.3, -0.25) is 4.79 Å². The van der Waals surface area contributed by atoms with Crippen LogP contribution in [0.3, 0.4) is 0 Å². The molecule has 0 bridgehead atoms. The lowest BCUT2D eigenvalue weighted by Gasteiger charge is -2.27. The fraction of sp³-hybridized carbons (Fsp3) is 0.333. The Balaban J connectivity index is 3.08. The Kier molecular flexibility index (Phi) is 4.09. The Hall–Kier alpha value is -2.04. The summed E-state index contributed by atoms with van der Waals surface area (Å²) in [6.07, 6.45) is 0.491. The highest BCUT2D eigenvalue weighted by molar-refractivity contribution is 5.88. The molecule has 0 heterocycles. The summed E-state index contributed by atoms with van der Waals surface area (Å²) < 4.78 is 0. The SMILES string of the molecule is CC(C)C(C(=O)O)N(C=O)c1ccc(O)cc1. The molecule has 0 fully saturated rings. The minimum absolute atomic E-state index is 0.0658. The van der Waals surface area contributed by atoms with E-state index in [4.69, 9.17) is 10.2 Å². The minimum Gasteiger partial charge on any atom is -0.508 e. The van der Waals surface area contributed by atoms with Gasteiger partial charge in [0.15, 0.2) is 0 Å². The number of aromatic hydroxyl groups is 1. The van der Waals surface area contributed by atoms with Gasteiger partial charge in [-0.05, 0) is 30.2 Å². The van der Waals surface area contributed by atoms with Crippen LogP contribution >= 0.6 is 0 Å². The monoisotopic (exact) mass is 237 g/mol. The third-order valence-corrected chi connectivity index (χ3v) is 2.45. The predicted octanol–water partition coefficient (Wildman–Crippen LogP) is 1.46. The van der Waals surface area contributed by atoms with Gasteiger partial charge in [0, 0.05) is 5.69 Å². The topological polar surface area (TPSA) is 77.8 Å². The molecule has 1 rings (SSSR count). The molecular weight excluding hydrogens is 222 g/mol. The first-order valence-corrected chi connectivity index (χ1v) is 5.23. The summed E-state index contributed by atoms with van der Waals surface area (Å²) in [6, 6.07) is 4.90. The van der Waals surface area contributed by atoms with Gasteiger partial charge >= 0.3 is 5.97 Å². The average Bonchev–Trinajstić information content (AvgIpc) is 2.26. The number of amides is 1. The predicted molar refractivity (Wildman–Crippen MR) is 62.9 cm³/mol. The lowest BCUT2D eigenvalue weighted by molar-refractivity contribution is -0.140. The number of anilines is 1. The molecular formula is C12H15NO4. The molecule has 1 amide bonds. The number of hydrogen-bond donors (Lipinski definition) is 2. The Morgan fingerprint density at radius 3 is 2.18 bits per heavy atom. The maximum atomic E-state index is 11.1. The van der Waals surface area contributed by atoms with Crippen molar-refractivity contribution in [3.63, 3.8) is 0 Å². The second-order valence-electron chi connectivity index (χ2n) is 4.06. The molecule has 5 heteroatoms. The van der Waals surface area contributed by atoms with Crippen molar-refractivity contribution >= 4 is 18.1 Å². The first kappa shape index (κ1) is 13.0. The number of carbonyl (C=O) groups is 2. The molecule has 1 aromatic carbocycles. The van der Waals surface area contributed by atoms with Gasteiger partial charge in [0.2, 0.25) is 6.41 Å². The zero-order valence-corrected chi connectivity index (χ0v) is 9.70. The number of aliphatic carboxylic acids is 1. The van der Waals surface area contributed by atoms with Crippen molar-refractivity contribution in [2.75, 3.05) is 4.90 Å². The van der Waals surface area contributed by atoms with Gasteiger partial charge in [-0.15, -0.1) is 0 Å². The van der Waals surface area contributed by atoms with Crippen LogP contribution in [0.5, 0.6) is 5.75 Å². The van der Waals surface area contributed by atoms with E-state index in [2.05, 4.69) is 0 Å². The smallest absolute Gasteiger partial charge is 0.327 e. The summed E-state index contributed by atoms with van der Waals surface area (Å²) in [7, 11) is 0. The number of hydrogen-bond acceptors (Lipinski definition) is 3. The molecule has 5 nitrogen and oxygen atoms in total. The van der Waals surface area contributed by atoms with Crippen molar-refractivity contribution in [3.05, 3.63) is 24.3 Å². The van der Waals surface area contributed by atoms with E-state index >= 15 is 0 Å². The maximum Gasteiger partial charge on any atom is 0.327 e. The molecule has 0 aliphatic rings. The Morgan fingerprint density at radius 1 is 1.29 bits per heavy atom. The number of carboxylic acids is 1. The summed E-state index contributed by atoms with van der Waals surface area (Å²) in [5.41, 5.74) is 0.443. The highest BCUT2D eigenvalue weighted by Crippen LogP contribution is 2.22. The number of nitrogens with zero attached hydrogens (tertiary/aromatic N) is 1.